The molecule has 0 aromatic carbocycles. The molecule has 0 aliphatic carbocycles. The summed E-state index contributed by atoms with van der Waals surface area (Å²) >= 11 is 0. The Labute approximate surface area is 103 Å². The second-order valence-electron chi connectivity index (χ2n) is 4.70. The number of hydrogen-bond donors (Lipinski definition) is 2. The van der Waals surface area contributed by atoms with Gasteiger partial charge in [-0.05, 0) is 6.07 Å². The van der Waals surface area contributed by atoms with Crippen molar-refractivity contribution in [2.24, 2.45) is 0 Å². The van der Waals surface area contributed by atoms with E-state index in [1.54, 1.807) is 12.3 Å². The molecule has 7 heteroatoms. The average Bonchev–Trinajstić information content (AvgIpc) is 2.68. The zero-order valence-corrected chi connectivity index (χ0v) is 9.78. The lowest BCUT2D eigenvalue weighted by molar-refractivity contribution is -0.201. The van der Waals surface area contributed by atoms with Gasteiger partial charge in [0.15, 0.2) is 6.23 Å². The average molecular weight is 253 g/mol. The first kappa shape index (κ1) is 11.6. The second kappa shape index (κ2) is 4.04. The summed E-state index contributed by atoms with van der Waals surface area (Å²) in [5.74, 6) is 0.177. The van der Waals surface area contributed by atoms with Gasteiger partial charge in [-0.2, -0.15) is 4.98 Å². The largest absolute Gasteiger partial charge is 0.394 e. The molecule has 2 unspecified atom stereocenters. The fourth-order valence-corrected chi connectivity index (χ4v) is 2.59. The molecule has 1 aromatic heterocycles. The lowest BCUT2D eigenvalue weighted by Gasteiger charge is -2.42. The molecule has 1 spiro atoms. The monoisotopic (exact) mass is 253 g/mol. The molecule has 3 heterocycles. The van der Waals surface area contributed by atoms with Crippen molar-refractivity contribution in [3.63, 3.8) is 0 Å². The molecule has 2 fully saturated rings. The third kappa shape index (κ3) is 1.63. The third-order valence-electron chi connectivity index (χ3n) is 3.57. The van der Waals surface area contributed by atoms with Gasteiger partial charge in [-0.3, -0.25) is 4.57 Å². The fraction of sp³-hybridized carbons (Fsp3) is 0.636. The quantitative estimate of drug-likeness (QED) is 0.720. The van der Waals surface area contributed by atoms with Crippen LogP contribution in [0.5, 0.6) is 0 Å². The molecule has 7 nitrogen and oxygen atoms in total. The van der Waals surface area contributed by atoms with Crippen LogP contribution in [-0.4, -0.2) is 39.6 Å². The number of aliphatic hydroxyl groups is 1. The van der Waals surface area contributed by atoms with Crippen LogP contribution >= 0.6 is 0 Å². The summed E-state index contributed by atoms with van der Waals surface area (Å²) < 4.78 is 12.7. The van der Waals surface area contributed by atoms with E-state index in [1.165, 1.54) is 4.57 Å². The fourth-order valence-electron chi connectivity index (χ4n) is 2.59. The van der Waals surface area contributed by atoms with Gasteiger partial charge in [0.1, 0.15) is 11.4 Å². The number of anilines is 1. The molecule has 98 valence electrons. The second-order valence-corrected chi connectivity index (χ2v) is 4.70. The zero-order valence-electron chi connectivity index (χ0n) is 9.78. The number of aliphatic hydroxyl groups excluding tert-OH is 1. The highest BCUT2D eigenvalue weighted by atomic mass is 16.6. The van der Waals surface area contributed by atoms with Gasteiger partial charge in [0.25, 0.3) is 0 Å². The number of hydrogen-bond acceptors (Lipinski definition) is 6. The topological polar surface area (TPSA) is 99.6 Å². The maximum atomic E-state index is 11.8. The van der Waals surface area contributed by atoms with E-state index in [1.807, 2.05) is 0 Å². The minimum atomic E-state index is -0.538. The number of aromatic nitrogens is 2. The first-order valence-electron chi connectivity index (χ1n) is 5.89. The normalized spacial score (nSPS) is 34.7. The molecule has 1 aromatic rings. The number of nitrogens with two attached hydrogens (primary N) is 1. The summed E-state index contributed by atoms with van der Waals surface area (Å²) in [6.45, 7) is 0.563. The van der Waals surface area contributed by atoms with E-state index in [2.05, 4.69) is 4.98 Å². The lowest BCUT2D eigenvalue weighted by atomic mass is 9.89. The third-order valence-corrected chi connectivity index (χ3v) is 3.57. The minimum Gasteiger partial charge on any atom is -0.394 e. The highest BCUT2D eigenvalue weighted by Crippen LogP contribution is 2.47. The van der Waals surface area contributed by atoms with Crippen LogP contribution in [0.15, 0.2) is 17.1 Å². The van der Waals surface area contributed by atoms with Crippen LogP contribution in [0.3, 0.4) is 0 Å². The van der Waals surface area contributed by atoms with Crippen LogP contribution in [0, 0.1) is 0 Å². The van der Waals surface area contributed by atoms with Crippen molar-refractivity contribution in [3.05, 3.63) is 22.7 Å². The van der Waals surface area contributed by atoms with Gasteiger partial charge in [-0.1, -0.05) is 0 Å². The van der Waals surface area contributed by atoms with Gasteiger partial charge >= 0.3 is 5.69 Å². The minimum absolute atomic E-state index is 0.0846. The molecule has 18 heavy (non-hydrogen) atoms. The highest BCUT2D eigenvalue weighted by molar-refractivity contribution is 5.23. The molecule has 3 rings (SSSR count). The molecule has 0 amide bonds. The van der Waals surface area contributed by atoms with Crippen molar-refractivity contribution >= 4 is 5.82 Å². The first-order chi connectivity index (χ1) is 8.64. The number of rotatable bonds is 2. The standard InChI is InChI=1S/C11H15N3O4/c12-8-1-3-14(10(16)13-8)9-11(2-4-17-11)5-7(6-15)18-9/h1,3,7,9,15H,2,4-6H2,(H2,12,13,16)/t7?,9?,11-/m1/s1. The van der Waals surface area contributed by atoms with Gasteiger partial charge in [-0.25, -0.2) is 4.79 Å². The Morgan fingerprint density at radius 1 is 1.67 bits per heavy atom. The summed E-state index contributed by atoms with van der Waals surface area (Å²) in [6, 6.07) is 1.55. The number of nitrogen functional groups attached to an aromatic ring is 1. The summed E-state index contributed by atoms with van der Waals surface area (Å²) in [4.78, 5) is 15.5. The van der Waals surface area contributed by atoms with Crippen LogP contribution in [0.25, 0.3) is 0 Å². The van der Waals surface area contributed by atoms with E-state index >= 15 is 0 Å². The predicted octanol–water partition coefficient (Wildman–Crippen LogP) is -0.736. The van der Waals surface area contributed by atoms with E-state index in [4.69, 9.17) is 15.2 Å². The Morgan fingerprint density at radius 2 is 2.44 bits per heavy atom. The van der Waals surface area contributed by atoms with E-state index < -0.39 is 17.5 Å². The molecular weight excluding hydrogens is 238 g/mol. The van der Waals surface area contributed by atoms with E-state index in [-0.39, 0.29) is 18.5 Å². The Balaban J connectivity index is 1.97. The smallest absolute Gasteiger partial charge is 0.351 e. The van der Waals surface area contributed by atoms with Gasteiger partial charge in [0, 0.05) is 19.0 Å². The molecular formula is C11H15N3O4. The summed E-state index contributed by atoms with van der Waals surface area (Å²) in [6.07, 6.45) is 2.11. The maximum Gasteiger partial charge on any atom is 0.351 e. The summed E-state index contributed by atoms with van der Waals surface area (Å²) in [5.41, 5.74) is 4.49. The van der Waals surface area contributed by atoms with Crippen molar-refractivity contribution < 1.29 is 14.6 Å². The Bertz CT molecular complexity index is 511. The summed E-state index contributed by atoms with van der Waals surface area (Å²) in [7, 11) is 0. The van der Waals surface area contributed by atoms with Gasteiger partial charge < -0.3 is 20.3 Å². The number of nitrogens with zero attached hydrogens (tertiary/aromatic N) is 2. The van der Waals surface area contributed by atoms with Crippen molar-refractivity contribution in [1.82, 2.24) is 9.55 Å². The van der Waals surface area contributed by atoms with Crippen molar-refractivity contribution in [2.45, 2.75) is 30.8 Å². The lowest BCUT2D eigenvalue weighted by Crippen LogP contribution is -2.50. The molecule has 0 bridgehead atoms. The van der Waals surface area contributed by atoms with Gasteiger partial charge in [-0.15, -0.1) is 0 Å². The Morgan fingerprint density at radius 3 is 3.00 bits per heavy atom. The molecule has 3 N–H and O–H groups in total. The predicted molar refractivity (Wildman–Crippen MR) is 61.8 cm³/mol. The van der Waals surface area contributed by atoms with Crippen molar-refractivity contribution in [3.8, 4) is 0 Å². The number of ether oxygens (including phenoxy) is 2. The molecule has 3 atom stereocenters. The Kier molecular flexibility index (Phi) is 2.61. The van der Waals surface area contributed by atoms with E-state index in [0.29, 0.717) is 13.0 Å². The van der Waals surface area contributed by atoms with Gasteiger partial charge in [0.2, 0.25) is 0 Å². The van der Waals surface area contributed by atoms with Crippen LogP contribution < -0.4 is 11.4 Å². The van der Waals surface area contributed by atoms with Crippen molar-refractivity contribution in [1.29, 1.82) is 0 Å². The zero-order chi connectivity index (χ0) is 12.8. The summed E-state index contributed by atoms with van der Waals surface area (Å²) in [5, 5.41) is 9.19. The van der Waals surface area contributed by atoms with E-state index in [9.17, 15) is 9.90 Å². The molecule has 0 saturated carbocycles. The van der Waals surface area contributed by atoms with Gasteiger partial charge in [0.05, 0.1) is 19.3 Å². The van der Waals surface area contributed by atoms with Crippen LogP contribution in [0.4, 0.5) is 5.82 Å². The first-order valence-corrected chi connectivity index (χ1v) is 5.89. The van der Waals surface area contributed by atoms with Crippen molar-refractivity contribution in [2.75, 3.05) is 18.9 Å². The molecule has 0 radical (unpaired) electrons. The molecule has 2 aliphatic heterocycles. The van der Waals surface area contributed by atoms with E-state index in [0.717, 1.165) is 6.42 Å². The van der Waals surface area contributed by atoms with Crippen LogP contribution in [0.2, 0.25) is 0 Å². The Hall–Kier alpha value is -1.44. The van der Waals surface area contributed by atoms with Crippen LogP contribution in [0.1, 0.15) is 19.1 Å². The maximum absolute atomic E-state index is 11.8. The van der Waals surface area contributed by atoms with Crippen LogP contribution in [-0.2, 0) is 9.47 Å². The molecule has 2 aliphatic rings. The molecule has 2 saturated heterocycles. The SMILES string of the molecule is Nc1ccn(C2OC(CO)C[C@]23CCO3)c(=O)n1. The highest BCUT2D eigenvalue weighted by Gasteiger charge is 2.55.